The van der Waals surface area contributed by atoms with Crippen molar-refractivity contribution in [2.75, 3.05) is 0 Å². The molecule has 8 heteroatoms. The molecule has 1 fully saturated rings. The largest absolute Gasteiger partial charge is 0.442 e. The van der Waals surface area contributed by atoms with Crippen LogP contribution in [0.1, 0.15) is 81.5 Å². The molecule has 0 N–H and O–H groups in total. The number of nitrogens with zero attached hydrogens (tertiary/aromatic N) is 5. The van der Waals surface area contributed by atoms with Gasteiger partial charge in [0.05, 0.1) is 23.0 Å². The molecule has 1 aromatic carbocycles. The first-order valence-corrected chi connectivity index (χ1v) is 12.2. The zero-order valence-corrected chi connectivity index (χ0v) is 20.6. The number of aromatic nitrogens is 4. The summed E-state index contributed by atoms with van der Waals surface area (Å²) in [6.45, 7) is 9.71. The minimum atomic E-state index is -0.578. The van der Waals surface area contributed by atoms with E-state index in [0.717, 1.165) is 47.8 Å². The monoisotopic (exact) mass is 463 g/mol. The lowest BCUT2D eigenvalue weighted by molar-refractivity contribution is 0.0513. The molecular weight excluding hydrogens is 430 g/mol. The highest BCUT2D eigenvalue weighted by atomic mass is 16.6. The molecule has 0 spiro atoms. The summed E-state index contributed by atoms with van der Waals surface area (Å²) in [6.07, 6.45) is 7.46. The first-order chi connectivity index (χ1) is 16.1. The second kappa shape index (κ2) is 8.25. The van der Waals surface area contributed by atoms with E-state index in [1.54, 1.807) is 6.20 Å². The molecule has 0 saturated heterocycles. The van der Waals surface area contributed by atoms with Gasteiger partial charge in [0.25, 0.3) is 5.91 Å². The maximum atomic E-state index is 13.9. The molecule has 2 aromatic heterocycles. The number of carbonyl (C=O) groups excluding carboxylic acids is 2. The quantitative estimate of drug-likeness (QED) is 0.557. The topological polar surface area (TPSA) is 82.3 Å². The van der Waals surface area contributed by atoms with Crippen LogP contribution in [0.25, 0.3) is 10.9 Å². The summed E-state index contributed by atoms with van der Waals surface area (Å²) in [6, 6.07) is 6.47. The van der Waals surface area contributed by atoms with Gasteiger partial charge >= 0.3 is 6.09 Å². The Kier molecular flexibility index (Phi) is 5.49. The lowest BCUT2D eigenvalue weighted by atomic mass is 9.91. The number of aryl methyl sites for hydroxylation is 1. The van der Waals surface area contributed by atoms with Crippen LogP contribution >= 0.6 is 0 Å². The van der Waals surface area contributed by atoms with Crippen molar-refractivity contribution in [3.05, 3.63) is 47.4 Å². The molecule has 5 rings (SSSR count). The Labute approximate surface area is 199 Å². The van der Waals surface area contributed by atoms with Gasteiger partial charge in [-0.25, -0.2) is 4.79 Å². The Balaban J connectivity index is 1.41. The predicted octanol–water partition coefficient (Wildman–Crippen LogP) is 4.76. The van der Waals surface area contributed by atoms with Crippen LogP contribution in [0.15, 0.2) is 30.6 Å². The highest BCUT2D eigenvalue weighted by Gasteiger charge is 2.40. The molecule has 1 amide bonds. The van der Waals surface area contributed by atoms with Crippen LogP contribution in [0.3, 0.4) is 0 Å². The molecule has 34 heavy (non-hydrogen) atoms. The molecule has 1 atom stereocenters. The van der Waals surface area contributed by atoms with Gasteiger partial charge in [-0.3, -0.25) is 9.48 Å². The van der Waals surface area contributed by atoms with Crippen molar-refractivity contribution in [3.63, 3.8) is 0 Å². The van der Waals surface area contributed by atoms with Gasteiger partial charge in [0.15, 0.2) is 0 Å². The summed E-state index contributed by atoms with van der Waals surface area (Å²) in [4.78, 5) is 28.5. The zero-order chi connectivity index (χ0) is 24.2. The normalized spacial score (nSPS) is 18.2. The average molecular weight is 464 g/mol. The van der Waals surface area contributed by atoms with E-state index in [-0.39, 0.29) is 24.0 Å². The van der Waals surface area contributed by atoms with E-state index in [4.69, 9.17) is 4.74 Å². The molecule has 3 aromatic rings. The molecule has 180 valence electrons. The Bertz CT molecular complexity index is 1250. The van der Waals surface area contributed by atoms with Crippen molar-refractivity contribution in [2.45, 2.75) is 90.4 Å². The minimum absolute atomic E-state index is 0.0735. The van der Waals surface area contributed by atoms with E-state index in [9.17, 15) is 9.59 Å². The molecule has 2 aliphatic carbocycles. The average Bonchev–Trinajstić information content (AvgIpc) is 3.33. The maximum Gasteiger partial charge on any atom is 0.435 e. The SMILES string of the molecule is CC(C)n1ncc2c(C(=O)N(C3CC3)C3CCc4nn(C(=O)OC(C)(C)C)cc4C3)cccc21. The van der Waals surface area contributed by atoms with Crippen LogP contribution in [0.4, 0.5) is 4.79 Å². The summed E-state index contributed by atoms with van der Waals surface area (Å²) in [5.74, 6) is 0.0735. The van der Waals surface area contributed by atoms with Crippen LogP contribution in [-0.2, 0) is 17.6 Å². The molecule has 2 heterocycles. The standard InChI is InChI=1S/C26H33N5O3/c1-16(2)31-23-8-6-7-20(21(23)14-27-31)24(32)30(18-9-10-18)19-11-12-22-17(13-19)15-29(28-22)25(33)34-26(3,4)5/h6-8,14-16,18-19H,9-13H2,1-5H3. The number of hydrogen-bond donors (Lipinski definition) is 0. The van der Waals surface area contributed by atoms with Crippen molar-refractivity contribution in [3.8, 4) is 0 Å². The van der Waals surface area contributed by atoms with Crippen molar-refractivity contribution < 1.29 is 14.3 Å². The first kappa shape index (κ1) is 22.6. The fourth-order valence-electron chi connectivity index (χ4n) is 4.92. The summed E-state index contributed by atoms with van der Waals surface area (Å²) < 4.78 is 8.74. The van der Waals surface area contributed by atoms with E-state index in [1.807, 2.05) is 49.8 Å². The maximum absolute atomic E-state index is 13.9. The molecule has 0 aliphatic heterocycles. The van der Waals surface area contributed by atoms with Crippen molar-refractivity contribution in [2.24, 2.45) is 0 Å². The number of carbonyl (C=O) groups is 2. The highest BCUT2D eigenvalue weighted by molar-refractivity contribution is 6.06. The summed E-state index contributed by atoms with van der Waals surface area (Å²) in [7, 11) is 0. The van der Waals surface area contributed by atoms with Gasteiger partial charge in [-0.05, 0) is 84.4 Å². The number of amides is 1. The van der Waals surface area contributed by atoms with E-state index in [2.05, 4.69) is 28.9 Å². The molecule has 0 bridgehead atoms. The Hall–Kier alpha value is -3.16. The Morgan fingerprint density at radius 2 is 1.91 bits per heavy atom. The van der Waals surface area contributed by atoms with Gasteiger partial charge in [0, 0.05) is 29.7 Å². The third kappa shape index (κ3) is 4.21. The van der Waals surface area contributed by atoms with E-state index in [1.165, 1.54) is 4.68 Å². The number of benzene rings is 1. The van der Waals surface area contributed by atoms with Gasteiger partial charge in [-0.2, -0.15) is 14.9 Å². The van der Waals surface area contributed by atoms with Gasteiger partial charge in [-0.15, -0.1) is 0 Å². The number of fused-ring (bicyclic) bond motifs is 2. The van der Waals surface area contributed by atoms with Crippen LogP contribution in [0.2, 0.25) is 0 Å². The van der Waals surface area contributed by atoms with E-state index >= 15 is 0 Å². The summed E-state index contributed by atoms with van der Waals surface area (Å²) in [5, 5.41) is 9.92. The van der Waals surface area contributed by atoms with Crippen LogP contribution in [-0.4, -0.2) is 54.1 Å². The fourth-order valence-corrected chi connectivity index (χ4v) is 4.92. The third-order valence-corrected chi connectivity index (χ3v) is 6.56. The minimum Gasteiger partial charge on any atom is -0.442 e. The second-order valence-corrected chi connectivity index (χ2v) is 10.8. The number of rotatable bonds is 4. The van der Waals surface area contributed by atoms with Crippen LogP contribution in [0, 0.1) is 0 Å². The van der Waals surface area contributed by atoms with Gasteiger partial charge in [-0.1, -0.05) is 6.07 Å². The van der Waals surface area contributed by atoms with Gasteiger partial charge in [0.1, 0.15) is 5.60 Å². The van der Waals surface area contributed by atoms with Crippen molar-refractivity contribution in [1.82, 2.24) is 24.5 Å². The fraction of sp³-hybridized carbons (Fsp3) is 0.538. The molecule has 2 aliphatic rings. The Morgan fingerprint density at radius 3 is 2.59 bits per heavy atom. The summed E-state index contributed by atoms with van der Waals surface area (Å²) >= 11 is 0. The molecule has 8 nitrogen and oxygen atoms in total. The Morgan fingerprint density at radius 1 is 1.15 bits per heavy atom. The molecule has 0 radical (unpaired) electrons. The smallest absolute Gasteiger partial charge is 0.435 e. The summed E-state index contributed by atoms with van der Waals surface area (Å²) in [5.41, 5.74) is 3.07. The van der Waals surface area contributed by atoms with E-state index in [0.29, 0.717) is 12.0 Å². The molecular formula is C26H33N5O3. The second-order valence-electron chi connectivity index (χ2n) is 10.8. The number of ether oxygens (including phenoxy) is 1. The third-order valence-electron chi connectivity index (χ3n) is 6.56. The zero-order valence-electron chi connectivity index (χ0n) is 20.6. The molecule has 1 saturated carbocycles. The lowest BCUT2D eigenvalue weighted by Crippen LogP contribution is -2.44. The van der Waals surface area contributed by atoms with Crippen molar-refractivity contribution in [1.29, 1.82) is 0 Å². The van der Waals surface area contributed by atoms with E-state index < -0.39 is 11.7 Å². The lowest BCUT2D eigenvalue weighted by Gasteiger charge is -2.34. The van der Waals surface area contributed by atoms with Crippen molar-refractivity contribution >= 4 is 22.9 Å². The molecule has 1 unspecified atom stereocenters. The van der Waals surface area contributed by atoms with Crippen LogP contribution < -0.4 is 0 Å². The highest BCUT2D eigenvalue weighted by Crippen LogP contribution is 2.36. The van der Waals surface area contributed by atoms with Gasteiger partial charge < -0.3 is 9.64 Å². The van der Waals surface area contributed by atoms with Gasteiger partial charge in [0.2, 0.25) is 0 Å². The van der Waals surface area contributed by atoms with Crippen LogP contribution in [0.5, 0.6) is 0 Å². The first-order valence-electron chi connectivity index (χ1n) is 12.2. The predicted molar refractivity (Wildman–Crippen MR) is 129 cm³/mol. The number of hydrogen-bond acceptors (Lipinski definition) is 5.